The summed E-state index contributed by atoms with van der Waals surface area (Å²) in [6.45, 7) is 23.9. The number of hydrogen-bond donors (Lipinski definition) is 14. The van der Waals surface area contributed by atoms with Crippen molar-refractivity contribution < 1.29 is 77.6 Å². The molecule has 500 valence electrons. The van der Waals surface area contributed by atoms with Gasteiger partial charge in [-0.1, -0.05) is 103 Å². The van der Waals surface area contributed by atoms with Gasteiger partial charge in [-0.25, -0.2) is 4.79 Å². The summed E-state index contributed by atoms with van der Waals surface area (Å²) in [7, 11) is 0. The van der Waals surface area contributed by atoms with Crippen LogP contribution in [-0.4, -0.2) is 200 Å². The van der Waals surface area contributed by atoms with E-state index in [9.17, 15) is 77.6 Å². The van der Waals surface area contributed by atoms with Gasteiger partial charge in [0.2, 0.25) is 70.9 Å². The highest BCUT2D eigenvalue weighted by Crippen LogP contribution is 2.23. The molecule has 0 aromatic heterocycles. The van der Waals surface area contributed by atoms with Gasteiger partial charge in [-0.3, -0.25) is 57.5 Å². The first-order valence-electron chi connectivity index (χ1n) is 30.8. The molecule has 2 saturated heterocycles. The van der Waals surface area contributed by atoms with Crippen LogP contribution in [0.1, 0.15) is 155 Å². The molecule has 0 bridgehead atoms. The number of carbonyl (C=O) groups excluding carboxylic acids is 12. The van der Waals surface area contributed by atoms with E-state index < -0.39 is 192 Å². The Kier molecular flexibility index (Phi) is 31.4. The average molecular weight is 1250 g/mol. The molecular weight excluding hydrogens is 1150 g/mol. The molecule has 2 fully saturated rings. The Balaban J connectivity index is 2.30. The van der Waals surface area contributed by atoms with Crippen LogP contribution in [0.5, 0.6) is 0 Å². The number of aliphatic hydroxyl groups is 2. The summed E-state index contributed by atoms with van der Waals surface area (Å²) in [5, 5.41) is 54.1. The standard InChI is InChI=1S/C59H103N13O16/c1-16-33(14)46(69-53(81)43(30(8)9)66-50(78)41(61)28(4)5)55(83)62-35(21-22-40(60)75)57(85)71-23-17-19-38(71)48(76)64-37(26-73)58(86)72-24-18-20-39(72)49(77)65-42(29(6)7)51(79)67-44(31(10)11)52(80)68-45(32(12)13)54(82)70-47(34(15)74)56(84)63-36(59(87)88)25-27(2)3/h27-39,41-47,73-74H,16-26,61H2,1-15H3,(H2,60,75)(H,62,83)(H,63,84)(H,64,76)(H,65,77)(H,66,78)(H,67,79)(H,68,80)(H,69,81)(H,70,82)(H,87,88)/t33-,34+,35-,36-,37-,38-,39-,41-,42-,43-,44-,45-,46-,47-/m0/s1. The fourth-order valence-electron chi connectivity index (χ4n) is 10.2. The van der Waals surface area contributed by atoms with Gasteiger partial charge in [0.05, 0.1) is 18.8 Å². The summed E-state index contributed by atoms with van der Waals surface area (Å²) in [5.41, 5.74) is 11.5. The maximum atomic E-state index is 14.4. The van der Waals surface area contributed by atoms with Crippen LogP contribution in [0.2, 0.25) is 0 Å². The molecule has 2 heterocycles. The zero-order chi connectivity index (χ0) is 67.3. The Morgan fingerprint density at radius 2 is 0.841 bits per heavy atom. The minimum Gasteiger partial charge on any atom is -0.480 e. The Labute approximate surface area is 517 Å². The van der Waals surface area contributed by atoms with Gasteiger partial charge >= 0.3 is 5.97 Å². The Morgan fingerprint density at radius 1 is 0.477 bits per heavy atom. The largest absolute Gasteiger partial charge is 0.480 e. The first-order valence-corrected chi connectivity index (χ1v) is 30.8. The van der Waals surface area contributed by atoms with E-state index in [0.29, 0.717) is 19.3 Å². The summed E-state index contributed by atoms with van der Waals surface area (Å²) in [4.78, 5) is 179. The summed E-state index contributed by atoms with van der Waals surface area (Å²) < 4.78 is 0. The zero-order valence-corrected chi connectivity index (χ0v) is 54.0. The van der Waals surface area contributed by atoms with E-state index in [-0.39, 0.29) is 57.0 Å². The number of carbonyl (C=O) groups is 13. The Morgan fingerprint density at radius 3 is 1.22 bits per heavy atom. The van der Waals surface area contributed by atoms with Gasteiger partial charge in [0.1, 0.15) is 66.5 Å². The molecule has 0 aromatic rings. The van der Waals surface area contributed by atoms with E-state index in [4.69, 9.17) is 11.5 Å². The van der Waals surface area contributed by atoms with E-state index in [0.717, 1.165) is 4.90 Å². The second kappa shape index (κ2) is 35.9. The predicted octanol–water partition coefficient (Wildman–Crippen LogP) is -2.25. The fourth-order valence-corrected chi connectivity index (χ4v) is 10.2. The molecule has 29 heteroatoms. The van der Waals surface area contributed by atoms with Crippen LogP contribution in [0.25, 0.3) is 0 Å². The van der Waals surface area contributed by atoms with E-state index in [1.165, 1.54) is 11.8 Å². The lowest BCUT2D eigenvalue weighted by molar-refractivity contribution is -0.145. The number of primary amides is 1. The van der Waals surface area contributed by atoms with Crippen LogP contribution < -0.4 is 59.3 Å². The van der Waals surface area contributed by atoms with E-state index in [1.807, 2.05) is 0 Å². The highest BCUT2D eigenvalue weighted by molar-refractivity contribution is 6.00. The summed E-state index contributed by atoms with van der Waals surface area (Å²) >= 11 is 0. The molecule has 2 aliphatic heterocycles. The molecule has 0 aromatic carbocycles. The number of hydrogen-bond acceptors (Lipinski definition) is 16. The average Bonchev–Trinajstić information content (AvgIpc) is 4.30. The third-order valence-corrected chi connectivity index (χ3v) is 16.0. The molecular formula is C59H103N13O16. The van der Waals surface area contributed by atoms with Crippen molar-refractivity contribution in [1.29, 1.82) is 0 Å². The minimum absolute atomic E-state index is 0.0120. The van der Waals surface area contributed by atoms with E-state index in [2.05, 4.69) is 47.9 Å². The number of amides is 12. The molecule has 88 heavy (non-hydrogen) atoms. The second-order valence-corrected chi connectivity index (χ2v) is 25.5. The van der Waals surface area contributed by atoms with Gasteiger partial charge < -0.3 is 84.4 Å². The van der Waals surface area contributed by atoms with Crippen LogP contribution in [0, 0.1) is 41.4 Å². The molecule has 2 aliphatic rings. The third-order valence-electron chi connectivity index (χ3n) is 16.0. The van der Waals surface area contributed by atoms with Crippen molar-refractivity contribution in [1.82, 2.24) is 57.7 Å². The van der Waals surface area contributed by atoms with Gasteiger partial charge in [0.15, 0.2) is 0 Å². The topological polar surface area (TPSA) is 449 Å². The number of nitrogens with one attached hydrogen (secondary N) is 9. The molecule has 0 aliphatic carbocycles. The Bertz CT molecular complexity index is 2460. The van der Waals surface area contributed by atoms with E-state index in [1.54, 1.807) is 96.9 Å². The molecule has 0 saturated carbocycles. The molecule has 14 atom stereocenters. The first-order chi connectivity index (χ1) is 40.9. The normalized spacial score (nSPS) is 19.2. The highest BCUT2D eigenvalue weighted by atomic mass is 16.4. The van der Waals surface area contributed by atoms with Crippen molar-refractivity contribution in [3.63, 3.8) is 0 Å². The monoisotopic (exact) mass is 1250 g/mol. The molecule has 0 radical (unpaired) electrons. The van der Waals surface area contributed by atoms with Gasteiger partial charge in [0, 0.05) is 19.5 Å². The molecule has 0 spiro atoms. The number of nitrogens with zero attached hydrogens (tertiary/aromatic N) is 2. The molecule has 2 rings (SSSR count). The molecule has 0 unspecified atom stereocenters. The van der Waals surface area contributed by atoms with E-state index >= 15 is 0 Å². The van der Waals surface area contributed by atoms with Crippen LogP contribution in [-0.2, 0) is 62.3 Å². The quantitative estimate of drug-likeness (QED) is 0.0319. The van der Waals surface area contributed by atoms with Gasteiger partial charge in [-0.2, -0.15) is 0 Å². The smallest absolute Gasteiger partial charge is 0.326 e. The first kappa shape index (κ1) is 77.1. The van der Waals surface area contributed by atoms with Gasteiger partial charge in [-0.05, 0) is 86.9 Å². The lowest BCUT2D eigenvalue weighted by atomic mass is 9.95. The van der Waals surface area contributed by atoms with Crippen molar-refractivity contribution in [3.8, 4) is 0 Å². The number of nitrogens with two attached hydrogens (primary N) is 2. The SMILES string of the molecule is CC[C@H](C)[C@H](NC(=O)[C@@H](NC(=O)[C@@H](N)C(C)C)C(C)C)C(=O)N[C@@H](CCC(N)=O)C(=O)N1CCC[C@H]1C(=O)N[C@@H](CO)C(=O)N1CCC[C@H]1C(=O)N[C@H](C(=O)N[C@H](C(=O)N[C@H](C(=O)N[C@H](C(=O)N[C@@H](CC(C)C)C(=O)O)[C@@H](C)O)C(C)C)C(C)C)C(C)C. The maximum absolute atomic E-state index is 14.4. The van der Waals surface area contributed by atoms with Gasteiger partial charge in [-0.15, -0.1) is 0 Å². The van der Waals surface area contributed by atoms with Crippen molar-refractivity contribution in [2.24, 2.45) is 52.9 Å². The molecule has 29 nitrogen and oxygen atoms in total. The zero-order valence-electron chi connectivity index (χ0n) is 54.0. The number of carboxylic acid groups (broad SMARTS) is 1. The lowest BCUT2D eigenvalue weighted by Gasteiger charge is -2.33. The number of rotatable bonds is 35. The van der Waals surface area contributed by atoms with Crippen molar-refractivity contribution in [2.45, 2.75) is 234 Å². The van der Waals surface area contributed by atoms with Crippen LogP contribution in [0.4, 0.5) is 0 Å². The lowest BCUT2D eigenvalue weighted by Crippen LogP contribution is -2.63. The third kappa shape index (κ3) is 22.5. The summed E-state index contributed by atoms with van der Waals surface area (Å²) in [6.07, 6.45) is -0.853. The summed E-state index contributed by atoms with van der Waals surface area (Å²) in [5.74, 6) is -13.9. The predicted molar refractivity (Wildman–Crippen MR) is 323 cm³/mol. The van der Waals surface area contributed by atoms with Crippen LogP contribution in [0.3, 0.4) is 0 Å². The van der Waals surface area contributed by atoms with Crippen molar-refractivity contribution in [3.05, 3.63) is 0 Å². The minimum atomic E-state index is -1.62. The number of aliphatic hydroxyl groups excluding tert-OH is 2. The highest BCUT2D eigenvalue weighted by Gasteiger charge is 2.44. The number of carboxylic acids is 1. The van der Waals surface area contributed by atoms with Crippen molar-refractivity contribution >= 4 is 76.9 Å². The van der Waals surface area contributed by atoms with Crippen LogP contribution >= 0.6 is 0 Å². The second-order valence-electron chi connectivity index (χ2n) is 25.5. The van der Waals surface area contributed by atoms with Gasteiger partial charge in [0.25, 0.3) is 0 Å². The van der Waals surface area contributed by atoms with Crippen molar-refractivity contribution in [2.75, 3.05) is 19.7 Å². The Hall–Kier alpha value is -7.01. The molecule has 16 N–H and O–H groups in total. The maximum Gasteiger partial charge on any atom is 0.326 e. The van der Waals surface area contributed by atoms with Crippen LogP contribution in [0.15, 0.2) is 0 Å². The number of aliphatic carboxylic acids is 1. The molecule has 12 amide bonds. The number of likely N-dealkylation sites (tertiary alicyclic amines) is 2. The fraction of sp³-hybridized carbons (Fsp3) is 0.780. The summed E-state index contributed by atoms with van der Waals surface area (Å²) in [6, 6.07) is -15.5.